The Hall–Kier alpha value is -0.830. The minimum absolute atomic E-state index is 0.206. The highest BCUT2D eigenvalue weighted by Crippen LogP contribution is 2.04. The number of nitrogens with zero attached hydrogens (tertiary/aromatic N) is 1. The van der Waals surface area contributed by atoms with Crippen molar-refractivity contribution in [3.8, 4) is 0 Å². The Morgan fingerprint density at radius 1 is 1.73 bits per heavy atom. The molecule has 1 heterocycles. The molecular formula is C8H9NOS. The van der Waals surface area contributed by atoms with Gasteiger partial charge in [0.15, 0.2) is 0 Å². The van der Waals surface area contributed by atoms with Gasteiger partial charge in [0, 0.05) is 17.5 Å². The Bertz CT molecular complexity index is 273. The van der Waals surface area contributed by atoms with Crippen molar-refractivity contribution in [3.63, 3.8) is 0 Å². The molecule has 11 heavy (non-hydrogen) atoms. The number of carbonyl (C=O) groups excluding carboxylic acids is 1. The monoisotopic (exact) mass is 167 g/mol. The van der Waals surface area contributed by atoms with Crippen LogP contribution in [0.3, 0.4) is 0 Å². The highest BCUT2D eigenvalue weighted by atomic mass is 32.1. The fourth-order valence-corrected chi connectivity index (χ4v) is 0.944. The van der Waals surface area contributed by atoms with Gasteiger partial charge in [-0.2, -0.15) is 0 Å². The van der Waals surface area contributed by atoms with Crippen molar-refractivity contribution in [1.29, 1.82) is 0 Å². The summed E-state index contributed by atoms with van der Waals surface area (Å²) < 4.78 is 0. The second-order valence-corrected chi connectivity index (χ2v) is 2.60. The van der Waals surface area contributed by atoms with Gasteiger partial charge in [-0.05, 0) is 18.6 Å². The molecular weight excluding hydrogens is 158 g/mol. The molecule has 3 heteroatoms. The molecule has 1 aromatic heterocycles. The number of pyridine rings is 1. The average Bonchev–Trinajstić information content (AvgIpc) is 2.05. The van der Waals surface area contributed by atoms with E-state index in [1.165, 1.54) is 0 Å². The fourth-order valence-electron chi connectivity index (χ4n) is 0.805. The smallest absolute Gasteiger partial charge is 0.216 e. The number of carbonyl (C=O) groups is 1. The summed E-state index contributed by atoms with van der Waals surface area (Å²) in [5, 5.41) is -0.206. The molecule has 0 fully saturated rings. The molecule has 0 amide bonds. The molecule has 0 aliphatic rings. The molecule has 0 spiro atoms. The van der Waals surface area contributed by atoms with Gasteiger partial charge in [-0.15, -0.1) is 12.6 Å². The SMILES string of the molecule is CCc1cc(C(=O)S)ccn1. The topological polar surface area (TPSA) is 30.0 Å². The van der Waals surface area contributed by atoms with Crippen molar-refractivity contribution in [3.05, 3.63) is 29.6 Å². The molecule has 0 N–H and O–H groups in total. The first kappa shape index (κ1) is 8.27. The molecule has 0 aliphatic carbocycles. The molecule has 1 rings (SSSR count). The van der Waals surface area contributed by atoms with Crippen LogP contribution < -0.4 is 0 Å². The van der Waals surface area contributed by atoms with E-state index in [1.54, 1.807) is 18.3 Å². The highest BCUT2D eigenvalue weighted by Gasteiger charge is 1.99. The van der Waals surface area contributed by atoms with Crippen molar-refractivity contribution in [2.45, 2.75) is 13.3 Å². The summed E-state index contributed by atoms with van der Waals surface area (Å²) in [4.78, 5) is 14.8. The summed E-state index contributed by atoms with van der Waals surface area (Å²) >= 11 is 3.71. The summed E-state index contributed by atoms with van der Waals surface area (Å²) in [5.74, 6) is 0. The zero-order chi connectivity index (χ0) is 8.27. The zero-order valence-electron chi connectivity index (χ0n) is 6.24. The minimum Gasteiger partial charge on any atom is -0.282 e. The normalized spacial score (nSPS) is 9.64. The van der Waals surface area contributed by atoms with Crippen LogP contribution >= 0.6 is 12.6 Å². The number of aryl methyl sites for hydroxylation is 1. The third-order valence-corrected chi connectivity index (χ3v) is 1.68. The second kappa shape index (κ2) is 3.53. The first-order valence-corrected chi connectivity index (χ1v) is 3.87. The molecule has 0 radical (unpaired) electrons. The third kappa shape index (κ3) is 2.05. The molecule has 1 aromatic rings. The van der Waals surface area contributed by atoms with Crippen molar-refractivity contribution >= 4 is 17.7 Å². The molecule has 0 bridgehead atoms. The van der Waals surface area contributed by atoms with Crippen LogP contribution in [-0.2, 0) is 6.42 Å². The van der Waals surface area contributed by atoms with E-state index in [9.17, 15) is 4.79 Å². The van der Waals surface area contributed by atoms with E-state index in [-0.39, 0.29) is 5.12 Å². The second-order valence-electron chi connectivity index (χ2n) is 2.19. The Morgan fingerprint density at radius 2 is 2.45 bits per heavy atom. The van der Waals surface area contributed by atoms with Crippen LogP contribution in [0.1, 0.15) is 23.0 Å². The predicted molar refractivity (Wildman–Crippen MR) is 46.9 cm³/mol. The van der Waals surface area contributed by atoms with Crippen LogP contribution in [0.25, 0.3) is 0 Å². The summed E-state index contributed by atoms with van der Waals surface area (Å²) in [5.41, 5.74) is 1.53. The van der Waals surface area contributed by atoms with E-state index in [4.69, 9.17) is 0 Å². The van der Waals surface area contributed by atoms with Crippen LogP contribution in [0.2, 0.25) is 0 Å². The molecule has 0 aromatic carbocycles. The van der Waals surface area contributed by atoms with Gasteiger partial charge in [-0.3, -0.25) is 9.78 Å². The van der Waals surface area contributed by atoms with Crippen LogP contribution in [0.4, 0.5) is 0 Å². The molecule has 0 atom stereocenters. The Labute approximate surface area is 71.1 Å². The van der Waals surface area contributed by atoms with Crippen LogP contribution in [0, 0.1) is 0 Å². The van der Waals surface area contributed by atoms with Crippen LogP contribution in [0.15, 0.2) is 18.3 Å². The highest BCUT2D eigenvalue weighted by molar-refractivity contribution is 7.97. The summed E-state index contributed by atoms with van der Waals surface area (Å²) in [6.45, 7) is 2.00. The van der Waals surface area contributed by atoms with Crippen molar-refractivity contribution in [2.75, 3.05) is 0 Å². The van der Waals surface area contributed by atoms with Gasteiger partial charge in [-0.1, -0.05) is 6.92 Å². The lowest BCUT2D eigenvalue weighted by Gasteiger charge is -1.96. The summed E-state index contributed by atoms with van der Waals surface area (Å²) in [6, 6.07) is 3.42. The first-order valence-electron chi connectivity index (χ1n) is 3.42. The van der Waals surface area contributed by atoms with Crippen LogP contribution in [0.5, 0.6) is 0 Å². The van der Waals surface area contributed by atoms with Gasteiger partial charge >= 0.3 is 0 Å². The molecule has 0 saturated heterocycles. The number of hydrogen-bond donors (Lipinski definition) is 1. The Morgan fingerprint density at radius 3 is 3.00 bits per heavy atom. The molecule has 0 saturated carbocycles. The zero-order valence-corrected chi connectivity index (χ0v) is 7.14. The molecule has 0 unspecified atom stereocenters. The van der Waals surface area contributed by atoms with Gasteiger partial charge in [0.2, 0.25) is 5.12 Å². The summed E-state index contributed by atoms with van der Waals surface area (Å²) in [7, 11) is 0. The van der Waals surface area contributed by atoms with E-state index in [0.717, 1.165) is 12.1 Å². The molecule has 0 aliphatic heterocycles. The maximum Gasteiger partial charge on any atom is 0.216 e. The first-order chi connectivity index (χ1) is 5.24. The standard InChI is InChI=1S/C8H9NOS/c1-2-7-5-6(8(10)11)3-4-9-7/h3-5H,2H2,1H3,(H,10,11). The average molecular weight is 167 g/mol. The van der Waals surface area contributed by atoms with E-state index < -0.39 is 0 Å². The van der Waals surface area contributed by atoms with Gasteiger partial charge in [0.25, 0.3) is 0 Å². The lowest BCUT2D eigenvalue weighted by molar-refractivity contribution is 0.109. The summed E-state index contributed by atoms with van der Waals surface area (Å²) in [6.07, 6.45) is 2.47. The van der Waals surface area contributed by atoms with Gasteiger partial charge in [-0.25, -0.2) is 0 Å². The Kier molecular flexibility index (Phi) is 2.65. The number of aromatic nitrogens is 1. The predicted octanol–water partition coefficient (Wildman–Crippen LogP) is 1.71. The maximum absolute atomic E-state index is 10.7. The van der Waals surface area contributed by atoms with Crippen LogP contribution in [-0.4, -0.2) is 10.1 Å². The van der Waals surface area contributed by atoms with E-state index in [2.05, 4.69) is 17.6 Å². The molecule has 58 valence electrons. The largest absolute Gasteiger partial charge is 0.282 e. The Balaban J connectivity index is 3.01. The quantitative estimate of drug-likeness (QED) is 0.680. The van der Waals surface area contributed by atoms with Gasteiger partial charge in [0.05, 0.1) is 0 Å². The van der Waals surface area contributed by atoms with Gasteiger partial charge < -0.3 is 0 Å². The number of thiol groups is 1. The number of hydrogen-bond acceptors (Lipinski definition) is 2. The fraction of sp³-hybridized carbons (Fsp3) is 0.250. The van der Waals surface area contributed by atoms with E-state index >= 15 is 0 Å². The van der Waals surface area contributed by atoms with Gasteiger partial charge in [0.1, 0.15) is 0 Å². The lowest BCUT2D eigenvalue weighted by Crippen LogP contribution is -1.93. The van der Waals surface area contributed by atoms with Crippen molar-refractivity contribution in [2.24, 2.45) is 0 Å². The third-order valence-electron chi connectivity index (χ3n) is 1.43. The van der Waals surface area contributed by atoms with Crippen molar-refractivity contribution in [1.82, 2.24) is 4.98 Å². The van der Waals surface area contributed by atoms with E-state index in [0.29, 0.717) is 5.56 Å². The number of rotatable bonds is 2. The minimum atomic E-state index is -0.206. The lowest BCUT2D eigenvalue weighted by atomic mass is 10.2. The molecule has 2 nitrogen and oxygen atoms in total. The maximum atomic E-state index is 10.7. The van der Waals surface area contributed by atoms with E-state index in [1.807, 2.05) is 6.92 Å². The van der Waals surface area contributed by atoms with Crippen molar-refractivity contribution < 1.29 is 4.79 Å².